The molecule has 0 aliphatic carbocycles. The number of rotatable bonds is 10. The van der Waals surface area contributed by atoms with Gasteiger partial charge in [-0.05, 0) is 67.6 Å². The molecular weight excluding hydrogens is 632 g/mol. The molecule has 0 saturated carbocycles. The molecule has 2 heterocycles. The minimum atomic E-state index is -0.903. The lowest BCUT2D eigenvalue weighted by Crippen LogP contribution is -2.47. The van der Waals surface area contributed by atoms with Gasteiger partial charge in [0.25, 0.3) is 5.91 Å². The number of carbonyl (C=O) groups is 2. The van der Waals surface area contributed by atoms with Crippen LogP contribution in [0, 0.1) is 0 Å². The molecule has 5 aromatic rings. The molecule has 0 atom stereocenters. The summed E-state index contributed by atoms with van der Waals surface area (Å²) >= 11 is 0. The summed E-state index contributed by atoms with van der Waals surface area (Å²) in [6.07, 6.45) is 0.906. The highest BCUT2D eigenvalue weighted by Gasteiger charge is 2.41. The quantitative estimate of drug-likeness (QED) is 0.173. The number of carbonyl (C=O) groups excluding carboxylic acids is 2. The Kier molecular flexibility index (Phi) is 10.1. The highest BCUT2D eigenvalue weighted by molar-refractivity contribution is 5.95. The SMILES string of the molecule is COc1cc(OCc2nnn(C(c3ccccc3)(c3ccccc3)c3ccccc3)n2)cc(C(=O)NC2CCN(C(=O)OC(C)(C)C)CC2)c1. The van der Waals surface area contributed by atoms with Gasteiger partial charge in [0, 0.05) is 30.8 Å². The number of nitrogens with one attached hydrogen (secondary N) is 1. The monoisotopic (exact) mass is 674 g/mol. The molecule has 1 aromatic heterocycles. The first-order valence-electron chi connectivity index (χ1n) is 16.7. The van der Waals surface area contributed by atoms with Crippen molar-refractivity contribution in [2.24, 2.45) is 0 Å². The Morgan fingerprint density at radius 1 is 0.800 bits per heavy atom. The number of hydrogen-bond donors (Lipinski definition) is 1. The first kappa shape index (κ1) is 34.2. The smallest absolute Gasteiger partial charge is 0.410 e. The number of benzene rings is 4. The zero-order valence-corrected chi connectivity index (χ0v) is 28.8. The molecule has 0 unspecified atom stereocenters. The zero-order valence-electron chi connectivity index (χ0n) is 28.8. The molecule has 1 aliphatic rings. The van der Waals surface area contributed by atoms with Crippen LogP contribution in [0.2, 0.25) is 0 Å². The molecular formula is C39H42N6O5. The van der Waals surface area contributed by atoms with Gasteiger partial charge in [-0.3, -0.25) is 4.79 Å². The summed E-state index contributed by atoms with van der Waals surface area (Å²) in [6.45, 7) is 6.54. The standard InChI is InChI=1S/C39H42N6O5/c1-38(2,3)50-37(47)44-22-20-32(21-23-44)40-36(46)28-24-33(48-4)26-34(25-28)49-27-35-41-43-45(42-35)39(29-14-8-5-9-15-29,30-16-10-6-11-17-30)31-18-12-7-13-19-31/h5-19,24-26,32H,20-23,27H2,1-4H3,(H,40,46). The van der Waals surface area contributed by atoms with E-state index in [1.54, 1.807) is 27.9 Å². The van der Waals surface area contributed by atoms with E-state index < -0.39 is 11.1 Å². The highest BCUT2D eigenvalue weighted by Crippen LogP contribution is 2.39. The number of nitrogens with zero attached hydrogens (tertiary/aromatic N) is 5. The van der Waals surface area contributed by atoms with Crippen LogP contribution in [0.3, 0.4) is 0 Å². The summed E-state index contributed by atoms with van der Waals surface area (Å²) in [4.78, 5) is 29.1. The Hall–Kier alpha value is -5.71. The van der Waals surface area contributed by atoms with E-state index >= 15 is 0 Å². The van der Waals surface area contributed by atoms with Crippen molar-refractivity contribution < 1.29 is 23.8 Å². The minimum Gasteiger partial charge on any atom is -0.497 e. The molecule has 6 rings (SSSR count). The van der Waals surface area contributed by atoms with Crippen molar-refractivity contribution in [2.45, 2.75) is 57.4 Å². The Morgan fingerprint density at radius 3 is 1.86 bits per heavy atom. The van der Waals surface area contributed by atoms with E-state index in [0.29, 0.717) is 48.8 Å². The van der Waals surface area contributed by atoms with E-state index in [9.17, 15) is 9.59 Å². The lowest BCUT2D eigenvalue weighted by atomic mass is 9.77. The van der Waals surface area contributed by atoms with Gasteiger partial charge in [0.15, 0.2) is 12.1 Å². The van der Waals surface area contributed by atoms with Crippen molar-refractivity contribution in [3.05, 3.63) is 137 Å². The van der Waals surface area contributed by atoms with Gasteiger partial charge in [0.1, 0.15) is 17.1 Å². The molecule has 258 valence electrons. The molecule has 1 aliphatic heterocycles. The summed E-state index contributed by atoms with van der Waals surface area (Å²) in [5.41, 5.74) is 1.85. The fraction of sp³-hybridized carbons (Fsp3) is 0.308. The van der Waals surface area contributed by atoms with Crippen LogP contribution in [-0.2, 0) is 16.9 Å². The van der Waals surface area contributed by atoms with Crippen LogP contribution >= 0.6 is 0 Å². The third-order valence-corrected chi connectivity index (χ3v) is 8.56. The average molecular weight is 675 g/mol. The number of methoxy groups -OCH3 is 1. The third-order valence-electron chi connectivity index (χ3n) is 8.56. The van der Waals surface area contributed by atoms with E-state index in [1.807, 2.05) is 75.4 Å². The molecule has 0 radical (unpaired) electrons. The maximum atomic E-state index is 13.4. The third kappa shape index (κ3) is 7.62. The minimum absolute atomic E-state index is 0.00575. The summed E-state index contributed by atoms with van der Waals surface area (Å²) in [6, 6.07) is 35.3. The molecule has 11 nitrogen and oxygen atoms in total. The van der Waals surface area contributed by atoms with Crippen molar-refractivity contribution in [2.75, 3.05) is 20.2 Å². The van der Waals surface area contributed by atoms with Gasteiger partial charge < -0.3 is 24.4 Å². The van der Waals surface area contributed by atoms with Gasteiger partial charge in [-0.2, -0.15) is 0 Å². The normalized spacial score (nSPS) is 13.8. The first-order chi connectivity index (χ1) is 24.2. The van der Waals surface area contributed by atoms with Crippen LogP contribution in [-0.4, -0.2) is 68.9 Å². The Balaban J connectivity index is 1.19. The number of aromatic nitrogens is 4. The van der Waals surface area contributed by atoms with Crippen molar-refractivity contribution in [1.29, 1.82) is 0 Å². The van der Waals surface area contributed by atoms with Gasteiger partial charge in [-0.1, -0.05) is 91.0 Å². The molecule has 50 heavy (non-hydrogen) atoms. The molecule has 0 bridgehead atoms. The molecule has 4 aromatic carbocycles. The van der Waals surface area contributed by atoms with Crippen LogP contribution < -0.4 is 14.8 Å². The van der Waals surface area contributed by atoms with Crippen LogP contribution in [0.5, 0.6) is 11.5 Å². The van der Waals surface area contributed by atoms with Gasteiger partial charge >= 0.3 is 6.09 Å². The summed E-state index contributed by atoms with van der Waals surface area (Å²) in [5.74, 6) is 1.00. The fourth-order valence-corrected chi connectivity index (χ4v) is 6.18. The van der Waals surface area contributed by atoms with Crippen molar-refractivity contribution in [1.82, 2.24) is 30.4 Å². The Morgan fingerprint density at radius 2 is 1.34 bits per heavy atom. The molecule has 0 spiro atoms. The van der Waals surface area contributed by atoms with Crippen LogP contribution in [0.4, 0.5) is 4.79 Å². The number of piperidine rings is 1. The average Bonchev–Trinajstić information content (AvgIpc) is 3.61. The highest BCUT2D eigenvalue weighted by atomic mass is 16.6. The van der Waals surface area contributed by atoms with Crippen LogP contribution in [0.15, 0.2) is 109 Å². The second-order valence-electron chi connectivity index (χ2n) is 13.2. The largest absolute Gasteiger partial charge is 0.497 e. The summed E-state index contributed by atoms with van der Waals surface area (Å²) in [5, 5.41) is 16.9. The summed E-state index contributed by atoms with van der Waals surface area (Å²) in [7, 11) is 1.54. The predicted molar refractivity (Wildman–Crippen MR) is 188 cm³/mol. The fourth-order valence-electron chi connectivity index (χ4n) is 6.18. The van der Waals surface area contributed by atoms with Crippen molar-refractivity contribution in [3.8, 4) is 11.5 Å². The lowest BCUT2D eigenvalue weighted by molar-refractivity contribution is 0.0199. The Labute approximate surface area is 292 Å². The maximum absolute atomic E-state index is 13.4. The molecule has 11 heteroatoms. The van der Waals surface area contributed by atoms with E-state index in [1.165, 1.54) is 7.11 Å². The lowest BCUT2D eigenvalue weighted by Gasteiger charge is -2.34. The number of tetrazole rings is 1. The van der Waals surface area contributed by atoms with Crippen LogP contribution in [0.25, 0.3) is 0 Å². The maximum Gasteiger partial charge on any atom is 0.410 e. The first-order valence-corrected chi connectivity index (χ1v) is 16.7. The van der Waals surface area contributed by atoms with Gasteiger partial charge in [-0.15, -0.1) is 15.0 Å². The second kappa shape index (κ2) is 14.8. The Bertz CT molecular complexity index is 1790. The van der Waals surface area contributed by atoms with E-state index in [-0.39, 0.29) is 24.6 Å². The topological polar surface area (TPSA) is 121 Å². The van der Waals surface area contributed by atoms with Crippen molar-refractivity contribution >= 4 is 12.0 Å². The molecule has 1 saturated heterocycles. The number of ether oxygens (including phenoxy) is 3. The second-order valence-corrected chi connectivity index (χ2v) is 13.2. The van der Waals surface area contributed by atoms with E-state index in [2.05, 4.69) is 52.0 Å². The predicted octanol–water partition coefficient (Wildman–Crippen LogP) is 6.23. The van der Waals surface area contributed by atoms with Gasteiger partial charge in [0.05, 0.1) is 7.11 Å². The zero-order chi connectivity index (χ0) is 35.1. The molecule has 2 amide bonds. The number of amides is 2. The molecule has 1 N–H and O–H groups in total. The van der Waals surface area contributed by atoms with E-state index in [0.717, 1.165) is 16.7 Å². The molecule has 1 fully saturated rings. The van der Waals surface area contributed by atoms with Gasteiger partial charge in [-0.25, -0.2) is 4.79 Å². The van der Waals surface area contributed by atoms with Crippen molar-refractivity contribution in [3.63, 3.8) is 0 Å². The number of hydrogen-bond acceptors (Lipinski definition) is 8. The van der Waals surface area contributed by atoms with Crippen LogP contribution in [0.1, 0.15) is 66.5 Å². The van der Waals surface area contributed by atoms with Gasteiger partial charge in [0.2, 0.25) is 5.82 Å². The summed E-state index contributed by atoms with van der Waals surface area (Å²) < 4.78 is 17.1. The number of likely N-dealkylation sites (tertiary alicyclic amines) is 1. The van der Waals surface area contributed by atoms with E-state index in [4.69, 9.17) is 19.3 Å².